The first kappa shape index (κ1) is 16.7. The predicted octanol–water partition coefficient (Wildman–Crippen LogP) is 4.31. The van der Waals surface area contributed by atoms with E-state index in [4.69, 9.17) is 44.3 Å². The molecule has 0 unspecified atom stereocenters. The summed E-state index contributed by atoms with van der Waals surface area (Å²) in [5.41, 5.74) is 0.621. The fourth-order valence-electron chi connectivity index (χ4n) is 1.69. The minimum absolute atomic E-state index is 0.127. The van der Waals surface area contributed by atoms with Crippen molar-refractivity contribution >= 4 is 46.4 Å². The molecule has 1 N–H and O–H groups in total. The maximum atomic E-state index is 12.2. The number of amides is 1. The van der Waals surface area contributed by atoms with Crippen LogP contribution in [0.15, 0.2) is 24.4 Å². The van der Waals surface area contributed by atoms with Crippen LogP contribution in [-0.2, 0) is 0 Å². The van der Waals surface area contributed by atoms with Crippen molar-refractivity contribution in [3.63, 3.8) is 0 Å². The molecule has 116 valence electrons. The van der Waals surface area contributed by atoms with E-state index in [1.807, 2.05) is 0 Å². The van der Waals surface area contributed by atoms with E-state index < -0.39 is 5.91 Å². The number of carbonyl (C=O) groups is 1. The summed E-state index contributed by atoms with van der Waals surface area (Å²) >= 11 is 17.7. The number of nitrogens with zero attached hydrogens (tertiary/aromatic N) is 1. The predicted molar refractivity (Wildman–Crippen MR) is 86.8 cm³/mol. The molecular weight excluding hydrogens is 351 g/mol. The van der Waals surface area contributed by atoms with Crippen LogP contribution >= 0.6 is 34.8 Å². The first-order valence-corrected chi connectivity index (χ1v) is 7.13. The molecule has 22 heavy (non-hydrogen) atoms. The smallest absolute Gasteiger partial charge is 0.257 e. The maximum Gasteiger partial charge on any atom is 0.257 e. The SMILES string of the molecule is COc1cc(Cl)c(NC(=O)c2cnc(Cl)c(Cl)c2)cc1OC. The van der Waals surface area contributed by atoms with E-state index in [0.29, 0.717) is 22.2 Å². The topological polar surface area (TPSA) is 60.5 Å². The van der Waals surface area contributed by atoms with Crippen LogP contribution in [-0.4, -0.2) is 25.1 Å². The largest absolute Gasteiger partial charge is 0.493 e. The van der Waals surface area contributed by atoms with E-state index in [1.54, 1.807) is 12.1 Å². The van der Waals surface area contributed by atoms with Crippen LogP contribution < -0.4 is 14.8 Å². The molecule has 0 fully saturated rings. The minimum atomic E-state index is -0.430. The molecule has 0 aliphatic heterocycles. The molecule has 0 radical (unpaired) electrons. The summed E-state index contributed by atoms with van der Waals surface area (Å²) in [4.78, 5) is 16.0. The molecule has 2 rings (SSSR count). The molecule has 5 nitrogen and oxygen atoms in total. The Morgan fingerprint density at radius 2 is 1.68 bits per heavy atom. The van der Waals surface area contributed by atoms with Gasteiger partial charge in [-0.15, -0.1) is 0 Å². The number of pyridine rings is 1. The van der Waals surface area contributed by atoms with Crippen molar-refractivity contribution in [3.8, 4) is 11.5 Å². The van der Waals surface area contributed by atoms with Crippen LogP contribution in [0.5, 0.6) is 11.5 Å². The lowest BCUT2D eigenvalue weighted by Crippen LogP contribution is -2.13. The zero-order chi connectivity index (χ0) is 16.3. The van der Waals surface area contributed by atoms with Crippen molar-refractivity contribution in [1.29, 1.82) is 0 Å². The molecule has 0 bridgehead atoms. The second kappa shape index (κ2) is 7.05. The third kappa shape index (κ3) is 3.55. The average Bonchev–Trinajstić information content (AvgIpc) is 2.51. The average molecular weight is 362 g/mol. The Bertz CT molecular complexity index is 723. The number of nitrogens with one attached hydrogen (secondary N) is 1. The second-order valence-corrected chi connectivity index (χ2v) is 5.31. The summed E-state index contributed by atoms with van der Waals surface area (Å²) in [6, 6.07) is 4.52. The summed E-state index contributed by atoms with van der Waals surface area (Å²) in [5, 5.41) is 3.27. The Kier molecular flexibility index (Phi) is 5.34. The van der Waals surface area contributed by atoms with Crippen LogP contribution in [0, 0.1) is 0 Å². The van der Waals surface area contributed by atoms with Gasteiger partial charge in [0.15, 0.2) is 11.5 Å². The third-order valence-corrected chi connectivity index (χ3v) is 3.78. The molecule has 0 atom stereocenters. The van der Waals surface area contributed by atoms with Crippen molar-refractivity contribution in [3.05, 3.63) is 45.2 Å². The Morgan fingerprint density at radius 3 is 2.27 bits per heavy atom. The monoisotopic (exact) mass is 360 g/mol. The minimum Gasteiger partial charge on any atom is -0.493 e. The molecule has 1 aromatic carbocycles. The Labute approximate surface area is 142 Å². The van der Waals surface area contributed by atoms with Crippen LogP contribution in [0.4, 0.5) is 5.69 Å². The number of rotatable bonds is 4. The molecule has 8 heteroatoms. The van der Waals surface area contributed by atoms with Crippen molar-refractivity contribution in [2.45, 2.75) is 0 Å². The summed E-state index contributed by atoms with van der Waals surface area (Å²) in [6.45, 7) is 0. The zero-order valence-corrected chi connectivity index (χ0v) is 13.9. The highest BCUT2D eigenvalue weighted by Crippen LogP contribution is 2.36. The Hall–Kier alpha value is -1.69. The quantitative estimate of drug-likeness (QED) is 0.824. The number of anilines is 1. The van der Waals surface area contributed by atoms with E-state index >= 15 is 0 Å². The van der Waals surface area contributed by atoms with Gasteiger partial charge < -0.3 is 14.8 Å². The van der Waals surface area contributed by atoms with E-state index in [2.05, 4.69) is 10.3 Å². The number of methoxy groups -OCH3 is 2. The van der Waals surface area contributed by atoms with Gasteiger partial charge in [0.2, 0.25) is 0 Å². The molecule has 1 aromatic heterocycles. The highest BCUT2D eigenvalue weighted by atomic mass is 35.5. The van der Waals surface area contributed by atoms with Gasteiger partial charge in [-0.1, -0.05) is 34.8 Å². The summed E-state index contributed by atoms with van der Waals surface area (Å²) in [7, 11) is 2.98. The number of hydrogen-bond donors (Lipinski definition) is 1. The van der Waals surface area contributed by atoms with E-state index in [9.17, 15) is 4.79 Å². The maximum absolute atomic E-state index is 12.2. The van der Waals surface area contributed by atoms with Crippen LogP contribution in [0.2, 0.25) is 15.2 Å². The highest BCUT2D eigenvalue weighted by Gasteiger charge is 2.14. The molecule has 0 aliphatic carbocycles. The van der Waals surface area contributed by atoms with Gasteiger partial charge in [0, 0.05) is 18.3 Å². The number of halogens is 3. The molecule has 0 saturated heterocycles. The van der Waals surface area contributed by atoms with E-state index in [-0.39, 0.29) is 15.7 Å². The van der Waals surface area contributed by atoms with Gasteiger partial charge in [-0.2, -0.15) is 0 Å². The first-order valence-electron chi connectivity index (χ1n) is 6.00. The number of aromatic nitrogens is 1. The van der Waals surface area contributed by atoms with Gasteiger partial charge in [-0.25, -0.2) is 4.98 Å². The number of carbonyl (C=O) groups excluding carboxylic acids is 1. The van der Waals surface area contributed by atoms with Crippen molar-refractivity contribution in [2.24, 2.45) is 0 Å². The molecule has 2 aromatic rings. The lowest BCUT2D eigenvalue weighted by atomic mass is 10.2. The van der Waals surface area contributed by atoms with Crippen molar-refractivity contribution in [2.75, 3.05) is 19.5 Å². The van der Waals surface area contributed by atoms with E-state index in [1.165, 1.54) is 26.5 Å². The summed E-state index contributed by atoms with van der Waals surface area (Å²) < 4.78 is 10.3. The lowest BCUT2D eigenvalue weighted by Gasteiger charge is -2.12. The van der Waals surface area contributed by atoms with Gasteiger partial charge in [0.25, 0.3) is 5.91 Å². The molecule has 1 amide bonds. The fourth-order valence-corrected chi connectivity index (χ4v) is 2.16. The molecular formula is C14H11Cl3N2O3. The Balaban J connectivity index is 2.29. The van der Waals surface area contributed by atoms with Gasteiger partial charge in [-0.05, 0) is 6.07 Å². The normalized spacial score (nSPS) is 10.2. The second-order valence-electron chi connectivity index (χ2n) is 4.14. The van der Waals surface area contributed by atoms with Crippen LogP contribution in [0.3, 0.4) is 0 Å². The van der Waals surface area contributed by atoms with E-state index in [0.717, 1.165) is 0 Å². The summed E-state index contributed by atoms with van der Waals surface area (Å²) in [5.74, 6) is 0.469. The molecule has 0 spiro atoms. The lowest BCUT2D eigenvalue weighted by molar-refractivity contribution is 0.102. The van der Waals surface area contributed by atoms with Crippen LogP contribution in [0.25, 0.3) is 0 Å². The zero-order valence-electron chi connectivity index (χ0n) is 11.6. The number of ether oxygens (including phenoxy) is 2. The van der Waals surface area contributed by atoms with Crippen molar-refractivity contribution < 1.29 is 14.3 Å². The van der Waals surface area contributed by atoms with Gasteiger partial charge in [0.05, 0.1) is 35.5 Å². The molecule has 0 saturated carbocycles. The number of hydrogen-bond acceptors (Lipinski definition) is 4. The number of benzene rings is 1. The fraction of sp³-hybridized carbons (Fsp3) is 0.143. The third-order valence-electron chi connectivity index (χ3n) is 2.78. The van der Waals surface area contributed by atoms with Gasteiger partial charge in [-0.3, -0.25) is 4.79 Å². The van der Waals surface area contributed by atoms with Gasteiger partial charge >= 0.3 is 0 Å². The van der Waals surface area contributed by atoms with Crippen molar-refractivity contribution in [1.82, 2.24) is 4.98 Å². The standard InChI is InChI=1S/C14H11Cl3N2O3/c1-21-11-4-8(15)10(5-12(11)22-2)19-14(20)7-3-9(16)13(17)18-6-7/h3-6H,1-2H3,(H,19,20). The first-order chi connectivity index (χ1) is 10.5. The Morgan fingerprint density at radius 1 is 1.05 bits per heavy atom. The highest BCUT2D eigenvalue weighted by molar-refractivity contribution is 6.41. The summed E-state index contributed by atoms with van der Waals surface area (Å²) in [6.07, 6.45) is 1.32. The van der Waals surface area contributed by atoms with Gasteiger partial charge in [0.1, 0.15) is 5.15 Å². The molecule has 1 heterocycles. The molecule has 0 aliphatic rings. The van der Waals surface area contributed by atoms with Crippen LogP contribution in [0.1, 0.15) is 10.4 Å².